The van der Waals surface area contributed by atoms with Gasteiger partial charge in [0.05, 0.1) is 28.6 Å². The van der Waals surface area contributed by atoms with Crippen LogP contribution in [0.4, 0.5) is 5.69 Å². The van der Waals surface area contributed by atoms with Crippen molar-refractivity contribution in [3.63, 3.8) is 0 Å². The second kappa shape index (κ2) is 6.78. The van der Waals surface area contributed by atoms with Gasteiger partial charge in [0.15, 0.2) is 11.2 Å². The molecule has 2 aromatic carbocycles. The molecule has 0 radical (unpaired) electrons. The first-order chi connectivity index (χ1) is 13.0. The number of methoxy groups -OCH3 is 1. The maximum absolute atomic E-state index is 13.0. The molecule has 0 atom stereocenters. The van der Waals surface area contributed by atoms with Gasteiger partial charge in [0.1, 0.15) is 6.54 Å². The van der Waals surface area contributed by atoms with E-state index in [0.29, 0.717) is 38.6 Å². The topological polar surface area (TPSA) is 80.6 Å². The molecule has 0 bridgehead atoms. The summed E-state index contributed by atoms with van der Waals surface area (Å²) in [4.78, 5) is 24.6. The number of carboxylic acids is 1. The van der Waals surface area contributed by atoms with Crippen LogP contribution in [0.3, 0.4) is 0 Å². The molecule has 1 saturated carbocycles. The first-order valence-corrected chi connectivity index (χ1v) is 9.18. The lowest BCUT2D eigenvalue weighted by Gasteiger charge is -2.27. The van der Waals surface area contributed by atoms with Gasteiger partial charge in [-0.1, -0.05) is 11.6 Å². The summed E-state index contributed by atoms with van der Waals surface area (Å²) >= 11 is 6.24. The van der Waals surface area contributed by atoms with Crippen LogP contribution in [0.15, 0.2) is 35.1 Å². The number of hydrogen-bond acceptors (Lipinski definition) is 4. The van der Waals surface area contributed by atoms with E-state index in [4.69, 9.17) is 16.3 Å². The molecule has 0 aliphatic heterocycles. The molecule has 7 heteroatoms. The van der Waals surface area contributed by atoms with Gasteiger partial charge in [0.2, 0.25) is 0 Å². The zero-order valence-electron chi connectivity index (χ0n) is 14.8. The lowest BCUT2D eigenvalue weighted by Crippen LogP contribution is -2.27. The average Bonchev–Trinajstić information content (AvgIpc) is 2.61. The molecular formula is C20H19ClN2O4. The number of anilines is 1. The van der Waals surface area contributed by atoms with Gasteiger partial charge in [-0.05, 0) is 49.6 Å². The van der Waals surface area contributed by atoms with E-state index >= 15 is 0 Å². The molecule has 0 saturated heterocycles. The number of aliphatic carboxylic acids is 1. The van der Waals surface area contributed by atoms with Crippen LogP contribution in [-0.4, -0.2) is 28.8 Å². The summed E-state index contributed by atoms with van der Waals surface area (Å²) in [7, 11) is 1.45. The van der Waals surface area contributed by atoms with Crippen LogP contribution in [0.1, 0.15) is 19.3 Å². The van der Waals surface area contributed by atoms with Crippen molar-refractivity contribution in [2.24, 2.45) is 0 Å². The summed E-state index contributed by atoms with van der Waals surface area (Å²) in [6.45, 7) is -0.309. The van der Waals surface area contributed by atoms with Crippen LogP contribution in [0.25, 0.3) is 21.8 Å². The van der Waals surface area contributed by atoms with E-state index in [9.17, 15) is 14.7 Å². The van der Waals surface area contributed by atoms with Crippen LogP contribution < -0.4 is 15.5 Å². The Hall–Kier alpha value is -2.73. The third-order valence-electron chi connectivity index (χ3n) is 5.10. The molecule has 0 spiro atoms. The Kier molecular flexibility index (Phi) is 4.44. The second-order valence-corrected chi connectivity index (χ2v) is 7.20. The number of hydrogen-bond donors (Lipinski definition) is 2. The average molecular weight is 387 g/mol. The number of halogens is 1. The van der Waals surface area contributed by atoms with Crippen molar-refractivity contribution < 1.29 is 14.6 Å². The summed E-state index contributed by atoms with van der Waals surface area (Å²) in [5.41, 5.74) is 1.63. The number of ether oxygens (including phenoxy) is 1. The number of nitrogens with zero attached hydrogens (tertiary/aromatic N) is 1. The molecule has 1 aliphatic rings. The molecule has 1 heterocycles. The largest absolute Gasteiger partial charge is 0.493 e. The third kappa shape index (κ3) is 3.00. The number of rotatable bonds is 5. The Morgan fingerprint density at radius 3 is 2.67 bits per heavy atom. The normalized spacial score (nSPS) is 14.3. The van der Waals surface area contributed by atoms with Crippen molar-refractivity contribution in [1.82, 2.24) is 4.57 Å². The molecule has 4 rings (SSSR count). The molecule has 1 aliphatic carbocycles. The molecule has 0 unspecified atom stereocenters. The number of fused-ring (bicyclic) bond motifs is 2. The molecular weight excluding hydrogens is 368 g/mol. The highest BCUT2D eigenvalue weighted by molar-refractivity contribution is 6.33. The fourth-order valence-corrected chi connectivity index (χ4v) is 3.81. The number of pyridine rings is 1. The van der Waals surface area contributed by atoms with Gasteiger partial charge in [-0.2, -0.15) is 0 Å². The minimum atomic E-state index is -1.01. The maximum atomic E-state index is 13.0. The number of benzene rings is 2. The Balaban J connectivity index is 2.06. The first kappa shape index (κ1) is 17.7. The standard InChI is InChI=1S/C20H19ClN2O4/c1-27-20-15(21)8-7-14-18(20)23(10-17(24)25)16-9-12(22-11-3-2-4-11)5-6-13(16)19(14)26/h5-9,11,22H,2-4,10H2,1H3,(H,24,25). The van der Waals surface area contributed by atoms with Crippen molar-refractivity contribution >= 4 is 45.1 Å². The first-order valence-electron chi connectivity index (χ1n) is 8.80. The van der Waals surface area contributed by atoms with Crippen molar-refractivity contribution in [2.75, 3.05) is 12.4 Å². The van der Waals surface area contributed by atoms with Crippen LogP contribution in [0.5, 0.6) is 5.75 Å². The predicted molar refractivity (Wildman–Crippen MR) is 106 cm³/mol. The van der Waals surface area contributed by atoms with Gasteiger partial charge >= 0.3 is 5.97 Å². The van der Waals surface area contributed by atoms with E-state index in [0.717, 1.165) is 18.5 Å². The summed E-state index contributed by atoms with van der Waals surface area (Å²) in [5.74, 6) is -0.715. The minimum absolute atomic E-state index is 0.174. The molecule has 1 fully saturated rings. The van der Waals surface area contributed by atoms with Gasteiger partial charge < -0.3 is 19.7 Å². The number of carboxylic acid groups (broad SMARTS) is 1. The van der Waals surface area contributed by atoms with Gasteiger partial charge in [-0.25, -0.2) is 0 Å². The molecule has 1 aromatic heterocycles. The highest BCUT2D eigenvalue weighted by Gasteiger charge is 2.20. The number of aromatic nitrogens is 1. The van der Waals surface area contributed by atoms with Crippen molar-refractivity contribution in [1.29, 1.82) is 0 Å². The monoisotopic (exact) mass is 386 g/mol. The van der Waals surface area contributed by atoms with E-state index in [2.05, 4.69) is 5.32 Å². The van der Waals surface area contributed by atoms with Gasteiger partial charge in [0, 0.05) is 17.1 Å². The fourth-order valence-electron chi connectivity index (χ4n) is 3.58. The lowest BCUT2D eigenvalue weighted by molar-refractivity contribution is -0.137. The van der Waals surface area contributed by atoms with E-state index in [1.54, 1.807) is 22.8 Å². The Morgan fingerprint density at radius 1 is 1.30 bits per heavy atom. The summed E-state index contributed by atoms with van der Waals surface area (Å²) in [6.07, 6.45) is 3.43. The smallest absolute Gasteiger partial charge is 0.323 e. The maximum Gasteiger partial charge on any atom is 0.323 e. The Bertz CT molecular complexity index is 1120. The van der Waals surface area contributed by atoms with Crippen LogP contribution in [0.2, 0.25) is 5.02 Å². The van der Waals surface area contributed by atoms with Crippen LogP contribution in [-0.2, 0) is 11.3 Å². The number of nitrogens with one attached hydrogen (secondary N) is 1. The molecule has 140 valence electrons. The van der Waals surface area contributed by atoms with Crippen molar-refractivity contribution in [3.05, 3.63) is 45.6 Å². The summed E-state index contributed by atoms with van der Waals surface area (Å²) in [5, 5.41) is 14.1. The lowest BCUT2D eigenvalue weighted by atomic mass is 9.93. The van der Waals surface area contributed by atoms with Crippen LogP contribution in [0, 0.1) is 0 Å². The zero-order valence-corrected chi connectivity index (χ0v) is 15.5. The molecule has 27 heavy (non-hydrogen) atoms. The van der Waals surface area contributed by atoms with Gasteiger partial charge in [0.25, 0.3) is 0 Å². The molecule has 0 amide bonds. The van der Waals surface area contributed by atoms with Gasteiger partial charge in [-0.3, -0.25) is 9.59 Å². The minimum Gasteiger partial charge on any atom is -0.493 e. The third-order valence-corrected chi connectivity index (χ3v) is 5.40. The summed E-state index contributed by atoms with van der Waals surface area (Å²) < 4.78 is 6.99. The van der Waals surface area contributed by atoms with E-state index < -0.39 is 5.97 Å². The summed E-state index contributed by atoms with van der Waals surface area (Å²) in [6, 6.07) is 9.07. The second-order valence-electron chi connectivity index (χ2n) is 6.79. The zero-order chi connectivity index (χ0) is 19.1. The Labute approximate surface area is 160 Å². The van der Waals surface area contributed by atoms with Crippen LogP contribution >= 0.6 is 11.6 Å². The highest BCUT2D eigenvalue weighted by atomic mass is 35.5. The quantitative estimate of drug-likeness (QED) is 0.651. The van der Waals surface area contributed by atoms with E-state index in [1.165, 1.54) is 13.5 Å². The predicted octanol–water partition coefficient (Wildman–Crippen LogP) is 3.87. The molecule has 2 N–H and O–H groups in total. The fraction of sp³-hybridized carbons (Fsp3) is 0.300. The van der Waals surface area contributed by atoms with E-state index in [-0.39, 0.29) is 12.0 Å². The highest BCUT2D eigenvalue weighted by Crippen LogP contribution is 2.35. The number of carbonyl (C=O) groups is 1. The molecule has 6 nitrogen and oxygen atoms in total. The Morgan fingerprint density at radius 2 is 2.04 bits per heavy atom. The van der Waals surface area contributed by atoms with Crippen molar-refractivity contribution in [2.45, 2.75) is 31.8 Å². The SMILES string of the molecule is COc1c(Cl)ccc2c(=O)c3ccc(NC4CCC4)cc3n(CC(=O)O)c12. The van der Waals surface area contributed by atoms with Crippen molar-refractivity contribution in [3.8, 4) is 5.75 Å². The van der Waals surface area contributed by atoms with E-state index in [1.807, 2.05) is 12.1 Å². The van der Waals surface area contributed by atoms with Gasteiger partial charge in [-0.15, -0.1) is 0 Å². The molecule has 3 aromatic rings.